The van der Waals surface area contributed by atoms with E-state index in [2.05, 4.69) is 36.6 Å². The molecule has 3 fully saturated rings. The minimum Gasteiger partial charge on any atom is -0.381 e. The van der Waals surface area contributed by atoms with E-state index in [1.807, 2.05) is 0 Å². The Kier molecular flexibility index (Phi) is 7.58. The van der Waals surface area contributed by atoms with Gasteiger partial charge in [0.1, 0.15) is 0 Å². The second kappa shape index (κ2) is 9.00. The molecule has 3 unspecified atom stereocenters. The predicted molar refractivity (Wildman–Crippen MR) is 107 cm³/mol. The summed E-state index contributed by atoms with van der Waals surface area (Å²) in [5.41, 5.74) is 0.117. The highest BCUT2D eigenvalue weighted by Crippen LogP contribution is 2.34. The molecule has 0 radical (unpaired) electrons. The number of hydrogen-bond donors (Lipinski definition) is 2. The minimum absolute atomic E-state index is 0. The van der Waals surface area contributed by atoms with Crippen LogP contribution >= 0.6 is 24.0 Å². The number of likely N-dealkylation sites (N-methyl/N-ethyl adjacent to an activating group) is 1. The van der Waals surface area contributed by atoms with Crippen LogP contribution < -0.4 is 10.6 Å². The fraction of sp³-hybridized carbons (Fsp3) is 0.941. The standard InChI is InChI=1S/C17H32N4O2.HI/c1-4-18-16(20-14-11-13-5-6-15(14)23-13)19-12-17(21(2)3)7-9-22-10-8-17;/h13-15H,4-12H2,1-3H3,(H2,18,19,20);1H. The average molecular weight is 452 g/mol. The molecule has 7 heteroatoms. The lowest BCUT2D eigenvalue weighted by Gasteiger charge is -2.41. The number of fused-ring (bicyclic) bond motifs is 2. The van der Waals surface area contributed by atoms with E-state index >= 15 is 0 Å². The van der Waals surface area contributed by atoms with Crippen LogP contribution in [0.15, 0.2) is 4.99 Å². The Bertz CT molecular complexity index is 427. The van der Waals surface area contributed by atoms with Crippen LogP contribution in [0.1, 0.15) is 39.0 Å². The van der Waals surface area contributed by atoms with Crippen molar-refractivity contribution >= 4 is 29.9 Å². The van der Waals surface area contributed by atoms with Crippen LogP contribution in [0.2, 0.25) is 0 Å². The number of rotatable bonds is 5. The van der Waals surface area contributed by atoms with E-state index in [9.17, 15) is 0 Å². The highest BCUT2D eigenvalue weighted by atomic mass is 127. The minimum atomic E-state index is 0. The second-order valence-electron chi connectivity index (χ2n) is 7.29. The second-order valence-corrected chi connectivity index (χ2v) is 7.29. The van der Waals surface area contributed by atoms with Gasteiger partial charge in [-0.05, 0) is 53.1 Å². The molecule has 3 aliphatic rings. The Labute approximate surface area is 163 Å². The number of hydrogen-bond acceptors (Lipinski definition) is 4. The van der Waals surface area contributed by atoms with Gasteiger partial charge in [-0.15, -0.1) is 24.0 Å². The monoisotopic (exact) mass is 452 g/mol. The molecule has 0 aromatic rings. The van der Waals surface area contributed by atoms with Gasteiger partial charge in [-0.3, -0.25) is 4.99 Å². The normalized spacial score (nSPS) is 31.8. The maximum absolute atomic E-state index is 5.95. The Hall–Kier alpha value is -0.120. The Balaban J connectivity index is 0.00000208. The number of halogens is 1. The van der Waals surface area contributed by atoms with Crippen molar-refractivity contribution in [1.82, 2.24) is 15.5 Å². The molecule has 6 nitrogen and oxygen atoms in total. The quantitative estimate of drug-likeness (QED) is 0.377. The first-order chi connectivity index (χ1) is 11.1. The average Bonchev–Trinajstić information content (AvgIpc) is 3.16. The lowest BCUT2D eigenvalue weighted by Crippen LogP contribution is -2.52. The van der Waals surface area contributed by atoms with Crippen molar-refractivity contribution in [2.75, 3.05) is 40.4 Å². The maximum Gasteiger partial charge on any atom is 0.191 e. The highest BCUT2D eigenvalue weighted by molar-refractivity contribution is 14.0. The smallest absolute Gasteiger partial charge is 0.191 e. The summed E-state index contributed by atoms with van der Waals surface area (Å²) < 4.78 is 11.5. The molecule has 24 heavy (non-hydrogen) atoms. The highest BCUT2D eigenvalue weighted by Gasteiger charge is 2.41. The first-order valence-electron chi connectivity index (χ1n) is 9.08. The summed E-state index contributed by atoms with van der Waals surface area (Å²) in [6, 6.07) is 0.413. The first kappa shape index (κ1) is 20.2. The first-order valence-corrected chi connectivity index (χ1v) is 9.08. The third-order valence-corrected chi connectivity index (χ3v) is 5.68. The largest absolute Gasteiger partial charge is 0.381 e. The number of aliphatic imine (C=N–C) groups is 1. The van der Waals surface area contributed by atoms with Gasteiger partial charge in [0, 0.05) is 25.3 Å². The van der Waals surface area contributed by atoms with Crippen molar-refractivity contribution in [2.24, 2.45) is 4.99 Å². The van der Waals surface area contributed by atoms with Gasteiger partial charge in [-0.1, -0.05) is 0 Å². The molecule has 0 spiro atoms. The van der Waals surface area contributed by atoms with Gasteiger partial charge in [-0.2, -0.15) is 0 Å². The molecule has 0 amide bonds. The van der Waals surface area contributed by atoms with E-state index in [0.717, 1.165) is 51.5 Å². The molecule has 0 aromatic heterocycles. The van der Waals surface area contributed by atoms with Gasteiger partial charge in [0.05, 0.1) is 24.8 Å². The molecule has 2 bridgehead atoms. The fourth-order valence-corrected chi connectivity index (χ4v) is 4.01. The van der Waals surface area contributed by atoms with E-state index in [1.165, 1.54) is 12.8 Å². The molecule has 3 aliphatic heterocycles. The molecule has 0 aromatic carbocycles. The summed E-state index contributed by atoms with van der Waals surface area (Å²) in [5, 5.41) is 7.01. The number of nitrogens with zero attached hydrogens (tertiary/aromatic N) is 2. The van der Waals surface area contributed by atoms with Crippen LogP contribution in [0.25, 0.3) is 0 Å². The molecule has 140 valence electrons. The van der Waals surface area contributed by atoms with E-state index in [0.29, 0.717) is 18.2 Å². The molecular formula is C17H33IN4O2. The van der Waals surface area contributed by atoms with E-state index in [-0.39, 0.29) is 29.5 Å². The maximum atomic E-state index is 5.95. The summed E-state index contributed by atoms with van der Waals surface area (Å²) in [7, 11) is 4.32. The lowest BCUT2D eigenvalue weighted by molar-refractivity contribution is -0.00256. The van der Waals surface area contributed by atoms with E-state index in [1.54, 1.807) is 0 Å². The van der Waals surface area contributed by atoms with Crippen molar-refractivity contribution in [3.05, 3.63) is 0 Å². The molecule has 0 aliphatic carbocycles. The molecule has 2 N–H and O–H groups in total. The van der Waals surface area contributed by atoms with Crippen LogP contribution in [-0.4, -0.2) is 75.0 Å². The van der Waals surface area contributed by atoms with Crippen LogP contribution in [0.3, 0.4) is 0 Å². The Morgan fingerprint density at radius 3 is 2.54 bits per heavy atom. The van der Waals surface area contributed by atoms with Crippen molar-refractivity contribution in [3.63, 3.8) is 0 Å². The molecule has 0 saturated carbocycles. The zero-order valence-corrected chi connectivity index (χ0v) is 17.5. The van der Waals surface area contributed by atoms with Crippen LogP contribution in [0, 0.1) is 0 Å². The molecule has 3 rings (SSSR count). The summed E-state index contributed by atoms with van der Waals surface area (Å²) in [6.07, 6.45) is 6.43. The summed E-state index contributed by atoms with van der Waals surface area (Å²) in [4.78, 5) is 7.24. The van der Waals surface area contributed by atoms with Crippen LogP contribution in [0.4, 0.5) is 0 Å². The van der Waals surface area contributed by atoms with Crippen molar-refractivity contribution in [2.45, 2.75) is 62.8 Å². The Morgan fingerprint density at radius 2 is 2.00 bits per heavy atom. The van der Waals surface area contributed by atoms with Gasteiger partial charge in [-0.25, -0.2) is 0 Å². The van der Waals surface area contributed by atoms with Crippen molar-refractivity contribution in [3.8, 4) is 0 Å². The number of ether oxygens (including phenoxy) is 2. The summed E-state index contributed by atoms with van der Waals surface area (Å²) in [6.45, 7) is 5.46. The summed E-state index contributed by atoms with van der Waals surface area (Å²) in [5.74, 6) is 0.932. The SMILES string of the molecule is CCNC(=NCC1(N(C)C)CCOCC1)NC1CC2CCC1O2.I. The van der Waals surface area contributed by atoms with Gasteiger partial charge in [0.15, 0.2) is 5.96 Å². The van der Waals surface area contributed by atoms with E-state index < -0.39 is 0 Å². The van der Waals surface area contributed by atoms with Gasteiger partial charge >= 0.3 is 0 Å². The fourth-order valence-electron chi connectivity index (χ4n) is 4.01. The van der Waals surface area contributed by atoms with Gasteiger partial charge in [0.25, 0.3) is 0 Å². The van der Waals surface area contributed by atoms with Gasteiger partial charge in [0.2, 0.25) is 0 Å². The number of guanidine groups is 1. The molecular weight excluding hydrogens is 419 g/mol. The molecule has 3 atom stereocenters. The van der Waals surface area contributed by atoms with Crippen LogP contribution in [0.5, 0.6) is 0 Å². The Morgan fingerprint density at radius 1 is 1.25 bits per heavy atom. The predicted octanol–water partition coefficient (Wildman–Crippen LogP) is 1.59. The topological polar surface area (TPSA) is 58.1 Å². The van der Waals surface area contributed by atoms with E-state index in [4.69, 9.17) is 14.5 Å². The lowest BCUT2D eigenvalue weighted by atomic mass is 9.89. The van der Waals surface area contributed by atoms with Crippen molar-refractivity contribution < 1.29 is 9.47 Å². The van der Waals surface area contributed by atoms with Gasteiger partial charge < -0.3 is 25.0 Å². The molecule has 3 saturated heterocycles. The third kappa shape index (κ3) is 4.53. The number of nitrogens with one attached hydrogen (secondary N) is 2. The molecule has 3 heterocycles. The van der Waals surface area contributed by atoms with Crippen LogP contribution in [-0.2, 0) is 9.47 Å². The zero-order valence-electron chi connectivity index (χ0n) is 15.2. The summed E-state index contributed by atoms with van der Waals surface area (Å²) >= 11 is 0. The zero-order chi connectivity index (χ0) is 16.3. The van der Waals surface area contributed by atoms with Crippen molar-refractivity contribution in [1.29, 1.82) is 0 Å². The third-order valence-electron chi connectivity index (χ3n) is 5.68.